The van der Waals surface area contributed by atoms with E-state index in [9.17, 15) is 5.11 Å². The van der Waals surface area contributed by atoms with Gasteiger partial charge in [0.2, 0.25) is 0 Å². The third-order valence-corrected chi connectivity index (χ3v) is 7.08. The van der Waals surface area contributed by atoms with Crippen LogP contribution in [0.1, 0.15) is 33.6 Å². The van der Waals surface area contributed by atoms with Gasteiger partial charge in [0.1, 0.15) is 0 Å². The Morgan fingerprint density at radius 2 is 2.00 bits per heavy atom. The second-order valence-electron chi connectivity index (χ2n) is 7.41. The highest BCUT2D eigenvalue weighted by Gasteiger charge is 2.86. The summed E-state index contributed by atoms with van der Waals surface area (Å²) in [5, 5.41) is 9.72. The highest BCUT2D eigenvalue weighted by molar-refractivity contribution is 5.44. The molecule has 0 heterocycles. The molecule has 0 aromatic rings. The summed E-state index contributed by atoms with van der Waals surface area (Å²) in [5.41, 5.74) is 1.36. The van der Waals surface area contributed by atoms with Crippen LogP contribution in [0.3, 0.4) is 0 Å². The average Bonchev–Trinajstić information content (AvgIpc) is 2.52. The fourth-order valence-corrected chi connectivity index (χ4v) is 6.74. The molecule has 1 N–H and O–H groups in total. The summed E-state index contributed by atoms with van der Waals surface area (Å²) < 4.78 is 0. The summed E-state index contributed by atoms with van der Waals surface area (Å²) in [4.78, 5) is 0. The molecule has 88 valence electrons. The molecule has 0 aromatic carbocycles. The molecule has 2 unspecified atom stereocenters. The quantitative estimate of drug-likeness (QED) is 0.671. The average molecular weight is 218 g/mol. The summed E-state index contributed by atoms with van der Waals surface area (Å²) >= 11 is 0. The maximum atomic E-state index is 9.72. The van der Waals surface area contributed by atoms with Crippen LogP contribution in [0.25, 0.3) is 0 Å². The Kier molecular flexibility index (Phi) is 1.39. The molecule has 1 spiro atoms. The van der Waals surface area contributed by atoms with E-state index in [1.165, 1.54) is 12.8 Å². The first-order valence-electron chi connectivity index (χ1n) is 6.81. The number of hydrogen-bond acceptors (Lipinski definition) is 1. The Morgan fingerprint density at radius 1 is 1.25 bits per heavy atom. The lowest BCUT2D eigenvalue weighted by atomic mass is 9.63. The molecule has 1 heteroatoms. The predicted octanol–water partition coefficient (Wildman–Crippen LogP) is 2.85. The Morgan fingerprint density at radius 3 is 2.69 bits per heavy atom. The number of aliphatic hydroxyl groups excluding tert-OH is 1. The Hall–Kier alpha value is -0.300. The van der Waals surface area contributed by atoms with E-state index in [2.05, 4.69) is 32.9 Å². The van der Waals surface area contributed by atoms with Crippen molar-refractivity contribution in [3.05, 3.63) is 12.2 Å². The molecule has 6 atom stereocenters. The second kappa shape index (κ2) is 2.29. The van der Waals surface area contributed by atoms with Crippen LogP contribution in [0, 0.1) is 39.9 Å². The summed E-state index contributed by atoms with van der Waals surface area (Å²) in [6.07, 6.45) is 7.58. The fraction of sp³-hybridized carbons (Fsp3) is 0.867. The van der Waals surface area contributed by atoms with Gasteiger partial charge in [-0.15, -0.1) is 0 Å². The Bertz CT molecular complexity index is 396. The second-order valence-corrected chi connectivity index (χ2v) is 7.41. The monoisotopic (exact) mass is 218 g/mol. The fourth-order valence-electron chi connectivity index (χ4n) is 6.74. The minimum Gasteiger partial charge on any atom is -0.396 e. The van der Waals surface area contributed by atoms with Gasteiger partial charge in [-0.05, 0) is 47.3 Å². The van der Waals surface area contributed by atoms with E-state index < -0.39 is 0 Å². The molecule has 0 aromatic heterocycles. The van der Waals surface area contributed by atoms with Gasteiger partial charge >= 0.3 is 0 Å². The summed E-state index contributed by atoms with van der Waals surface area (Å²) in [7, 11) is 0. The minimum atomic E-state index is 0.362. The molecule has 1 nitrogen and oxygen atoms in total. The number of fused-ring (bicyclic) bond motifs is 1. The molecule has 0 radical (unpaired) electrons. The third-order valence-electron chi connectivity index (χ3n) is 7.08. The molecule has 0 aliphatic heterocycles. The predicted molar refractivity (Wildman–Crippen MR) is 63.7 cm³/mol. The first-order chi connectivity index (χ1) is 7.51. The molecule has 16 heavy (non-hydrogen) atoms. The minimum absolute atomic E-state index is 0.362. The van der Waals surface area contributed by atoms with Crippen LogP contribution in [-0.4, -0.2) is 11.7 Å². The Balaban J connectivity index is 1.93. The molecular formula is C15H22O. The van der Waals surface area contributed by atoms with Crippen molar-refractivity contribution in [3.63, 3.8) is 0 Å². The summed E-state index contributed by atoms with van der Waals surface area (Å²) in [5.74, 6) is 3.08. The normalized spacial score (nSPS) is 63.5. The summed E-state index contributed by atoms with van der Waals surface area (Å²) in [6.45, 7) is 7.86. The lowest BCUT2D eigenvalue weighted by molar-refractivity contribution is 0.0601. The van der Waals surface area contributed by atoms with Crippen LogP contribution in [-0.2, 0) is 0 Å². The van der Waals surface area contributed by atoms with Gasteiger partial charge in [0.15, 0.2) is 0 Å². The van der Waals surface area contributed by atoms with Gasteiger partial charge in [-0.2, -0.15) is 0 Å². The lowest BCUT2D eigenvalue weighted by Crippen LogP contribution is -2.38. The van der Waals surface area contributed by atoms with Crippen molar-refractivity contribution < 1.29 is 5.11 Å². The molecule has 3 saturated carbocycles. The SMILES string of the molecule is CC1(C)C2C3C=C[C@@]4([C@H](CO)CC[C@@H]14)[C@@]32C. The smallest absolute Gasteiger partial charge is 0.0467 e. The van der Waals surface area contributed by atoms with E-state index in [4.69, 9.17) is 0 Å². The molecule has 3 fully saturated rings. The van der Waals surface area contributed by atoms with Crippen molar-refractivity contribution >= 4 is 0 Å². The maximum absolute atomic E-state index is 9.72. The van der Waals surface area contributed by atoms with Crippen LogP contribution in [0.5, 0.6) is 0 Å². The van der Waals surface area contributed by atoms with E-state index in [1.807, 2.05) is 0 Å². The molecule has 4 rings (SSSR count). The van der Waals surface area contributed by atoms with Crippen LogP contribution in [0.2, 0.25) is 0 Å². The van der Waals surface area contributed by atoms with Crippen molar-refractivity contribution in [1.29, 1.82) is 0 Å². The standard InChI is InChI=1S/C15H22O/c1-13(2)11-5-4-9(8-16)15(11)7-6-10-12(13)14(10,15)3/h6-7,9-12,16H,4-5,8H2,1-3H3/t9-,10?,11-,12?,14-,15-/m0/s1. The van der Waals surface area contributed by atoms with Crippen LogP contribution in [0.4, 0.5) is 0 Å². The molecular weight excluding hydrogens is 196 g/mol. The van der Waals surface area contributed by atoms with Crippen molar-refractivity contribution in [3.8, 4) is 0 Å². The Labute approximate surface area is 97.9 Å². The van der Waals surface area contributed by atoms with Crippen molar-refractivity contribution in [2.75, 3.05) is 6.61 Å². The van der Waals surface area contributed by atoms with Gasteiger partial charge in [0.05, 0.1) is 0 Å². The number of allylic oxidation sites excluding steroid dienone is 2. The van der Waals surface area contributed by atoms with Crippen LogP contribution < -0.4 is 0 Å². The van der Waals surface area contributed by atoms with Gasteiger partial charge in [0, 0.05) is 12.0 Å². The zero-order chi connectivity index (χ0) is 11.3. The van der Waals surface area contributed by atoms with Crippen LogP contribution >= 0.6 is 0 Å². The first kappa shape index (κ1) is 9.70. The zero-order valence-corrected chi connectivity index (χ0v) is 10.5. The lowest BCUT2D eigenvalue weighted by Gasteiger charge is -2.41. The number of hydrogen-bond donors (Lipinski definition) is 1. The topological polar surface area (TPSA) is 20.2 Å². The maximum Gasteiger partial charge on any atom is 0.0467 e. The molecule has 0 bridgehead atoms. The highest BCUT2D eigenvalue weighted by Crippen LogP contribution is 2.90. The molecule has 0 saturated heterocycles. The largest absolute Gasteiger partial charge is 0.396 e. The van der Waals surface area contributed by atoms with Gasteiger partial charge in [0.25, 0.3) is 0 Å². The molecule has 0 amide bonds. The molecule has 4 aliphatic carbocycles. The zero-order valence-electron chi connectivity index (χ0n) is 10.5. The highest BCUT2D eigenvalue weighted by atomic mass is 16.3. The van der Waals surface area contributed by atoms with Crippen molar-refractivity contribution in [2.45, 2.75) is 33.6 Å². The third kappa shape index (κ3) is 0.620. The van der Waals surface area contributed by atoms with Crippen molar-refractivity contribution in [1.82, 2.24) is 0 Å². The van der Waals surface area contributed by atoms with E-state index in [0.29, 0.717) is 28.8 Å². The van der Waals surface area contributed by atoms with E-state index in [0.717, 1.165) is 17.8 Å². The van der Waals surface area contributed by atoms with Gasteiger partial charge < -0.3 is 5.11 Å². The van der Waals surface area contributed by atoms with Gasteiger partial charge in [-0.1, -0.05) is 32.9 Å². The first-order valence-corrected chi connectivity index (χ1v) is 6.81. The van der Waals surface area contributed by atoms with Crippen molar-refractivity contribution in [2.24, 2.45) is 39.9 Å². The van der Waals surface area contributed by atoms with E-state index in [-0.39, 0.29) is 0 Å². The molecule has 4 aliphatic rings. The van der Waals surface area contributed by atoms with Crippen LogP contribution in [0.15, 0.2) is 12.2 Å². The summed E-state index contributed by atoms with van der Waals surface area (Å²) in [6, 6.07) is 0. The number of rotatable bonds is 1. The van der Waals surface area contributed by atoms with E-state index >= 15 is 0 Å². The van der Waals surface area contributed by atoms with Gasteiger partial charge in [-0.25, -0.2) is 0 Å². The number of aliphatic hydroxyl groups is 1. The van der Waals surface area contributed by atoms with E-state index in [1.54, 1.807) is 0 Å². The van der Waals surface area contributed by atoms with Gasteiger partial charge in [-0.3, -0.25) is 0 Å².